The molecule has 1 heterocycles. The lowest BCUT2D eigenvalue weighted by molar-refractivity contribution is -0.120. The number of carbonyl (C=O) groups is 1. The van der Waals surface area contributed by atoms with E-state index in [0.717, 1.165) is 11.3 Å². The molecule has 8 heteroatoms. The molecule has 0 bridgehead atoms. The minimum atomic E-state index is -0.219. The predicted octanol–water partition coefficient (Wildman–Crippen LogP) is 2.75. The van der Waals surface area contributed by atoms with Gasteiger partial charge in [0.05, 0.1) is 19.7 Å². The maximum atomic E-state index is 12.5. The largest absolute Gasteiger partial charge is 0.497 e. The molecular formula is C18H20ClN5O2. The second-order valence-corrected chi connectivity index (χ2v) is 6.45. The van der Waals surface area contributed by atoms with Crippen LogP contribution in [-0.2, 0) is 11.2 Å². The number of aromatic nitrogens is 2. The van der Waals surface area contributed by atoms with Crippen molar-refractivity contribution in [1.29, 1.82) is 5.26 Å². The number of carbonyl (C=O) groups excluding carboxylic acids is 1. The van der Waals surface area contributed by atoms with E-state index in [1.165, 1.54) is 6.20 Å². The number of benzene rings is 1. The molecule has 2 rings (SSSR count). The fourth-order valence-electron chi connectivity index (χ4n) is 2.27. The van der Waals surface area contributed by atoms with Gasteiger partial charge in [-0.1, -0.05) is 37.6 Å². The average Bonchev–Trinajstić information content (AvgIpc) is 2.62. The lowest BCUT2D eigenvalue weighted by Gasteiger charge is -2.26. The Bertz CT molecular complexity index is 802. The van der Waals surface area contributed by atoms with Gasteiger partial charge >= 0.3 is 0 Å². The van der Waals surface area contributed by atoms with E-state index >= 15 is 0 Å². The van der Waals surface area contributed by atoms with E-state index < -0.39 is 0 Å². The zero-order valence-corrected chi connectivity index (χ0v) is 15.6. The third-order valence-corrected chi connectivity index (χ3v) is 3.68. The van der Waals surface area contributed by atoms with Crippen LogP contribution < -0.4 is 15.2 Å². The number of nitriles is 1. The standard InChI is InChI=1S/C18H20ClN5O2/c1-12(2)11-24(18-15(19)10-21-16(9-20)22-18)23-17(25)8-13-4-6-14(26-3)7-5-13/h4-7,10,12H,8,11H2,1-3H3,(H,23,25). The SMILES string of the molecule is COc1ccc(CC(=O)NN(CC(C)C)c2nc(C#N)ncc2Cl)cc1. The van der Waals surface area contributed by atoms with Crippen molar-refractivity contribution in [3.8, 4) is 11.8 Å². The van der Waals surface area contributed by atoms with E-state index in [1.807, 2.05) is 32.0 Å². The monoisotopic (exact) mass is 373 g/mol. The van der Waals surface area contributed by atoms with Gasteiger partial charge in [-0.15, -0.1) is 0 Å². The van der Waals surface area contributed by atoms with E-state index in [1.54, 1.807) is 24.3 Å². The number of halogens is 1. The summed E-state index contributed by atoms with van der Waals surface area (Å²) in [5.74, 6) is 1.03. The Labute approximate surface area is 157 Å². The van der Waals surface area contributed by atoms with Crippen LogP contribution in [0.15, 0.2) is 30.5 Å². The van der Waals surface area contributed by atoms with Crippen molar-refractivity contribution < 1.29 is 9.53 Å². The summed E-state index contributed by atoms with van der Waals surface area (Å²) >= 11 is 6.17. The zero-order valence-electron chi connectivity index (χ0n) is 14.9. The Balaban J connectivity index is 2.16. The fraction of sp³-hybridized carbons (Fsp3) is 0.333. The summed E-state index contributed by atoms with van der Waals surface area (Å²) in [4.78, 5) is 20.4. The molecule has 1 aromatic carbocycles. The lowest BCUT2D eigenvalue weighted by Crippen LogP contribution is -2.45. The second kappa shape index (κ2) is 9.02. The maximum absolute atomic E-state index is 12.5. The van der Waals surface area contributed by atoms with Crippen molar-refractivity contribution in [2.45, 2.75) is 20.3 Å². The van der Waals surface area contributed by atoms with E-state index in [-0.39, 0.29) is 29.1 Å². The average molecular weight is 374 g/mol. The molecule has 0 radical (unpaired) electrons. The molecule has 1 amide bonds. The van der Waals surface area contributed by atoms with Gasteiger partial charge in [-0.05, 0) is 23.6 Å². The summed E-state index contributed by atoms with van der Waals surface area (Å²) in [6.07, 6.45) is 1.54. The third-order valence-electron chi connectivity index (χ3n) is 3.41. The molecule has 0 unspecified atom stereocenters. The zero-order chi connectivity index (χ0) is 19.1. The summed E-state index contributed by atoms with van der Waals surface area (Å²) in [6, 6.07) is 9.14. The van der Waals surface area contributed by atoms with Crippen molar-refractivity contribution in [3.63, 3.8) is 0 Å². The van der Waals surface area contributed by atoms with Crippen LogP contribution in [0.3, 0.4) is 0 Å². The molecule has 0 saturated carbocycles. The molecule has 1 aromatic heterocycles. The number of nitrogens with one attached hydrogen (secondary N) is 1. The predicted molar refractivity (Wildman–Crippen MR) is 98.8 cm³/mol. The maximum Gasteiger partial charge on any atom is 0.242 e. The van der Waals surface area contributed by atoms with Gasteiger partial charge < -0.3 is 4.74 Å². The molecule has 0 atom stereocenters. The van der Waals surface area contributed by atoms with Crippen LogP contribution >= 0.6 is 11.6 Å². The van der Waals surface area contributed by atoms with Gasteiger partial charge in [-0.3, -0.25) is 15.2 Å². The van der Waals surface area contributed by atoms with Crippen LogP contribution in [0.5, 0.6) is 5.75 Å². The first-order chi connectivity index (χ1) is 12.4. The Morgan fingerprint density at radius 2 is 2.08 bits per heavy atom. The highest BCUT2D eigenvalue weighted by Crippen LogP contribution is 2.22. The number of rotatable bonds is 7. The Morgan fingerprint density at radius 1 is 1.38 bits per heavy atom. The number of hydrogen-bond acceptors (Lipinski definition) is 6. The van der Waals surface area contributed by atoms with Gasteiger partial charge in [0.2, 0.25) is 11.7 Å². The quantitative estimate of drug-likeness (QED) is 0.750. The molecule has 0 saturated heterocycles. The first-order valence-corrected chi connectivity index (χ1v) is 8.43. The third kappa shape index (κ3) is 5.33. The summed E-state index contributed by atoms with van der Waals surface area (Å²) < 4.78 is 5.11. The molecule has 2 aromatic rings. The highest BCUT2D eigenvalue weighted by molar-refractivity contribution is 6.32. The number of hydrogen-bond donors (Lipinski definition) is 1. The van der Waals surface area contributed by atoms with Crippen molar-refractivity contribution >= 4 is 23.3 Å². The van der Waals surface area contributed by atoms with E-state index in [0.29, 0.717) is 12.4 Å². The minimum absolute atomic E-state index is 0.0115. The van der Waals surface area contributed by atoms with E-state index in [4.69, 9.17) is 21.6 Å². The summed E-state index contributed by atoms with van der Waals surface area (Å²) in [5, 5.41) is 10.8. The normalized spacial score (nSPS) is 10.3. The van der Waals surface area contributed by atoms with Crippen molar-refractivity contribution in [2.75, 3.05) is 18.7 Å². The highest BCUT2D eigenvalue weighted by atomic mass is 35.5. The number of ether oxygens (including phenoxy) is 1. The molecule has 7 nitrogen and oxygen atoms in total. The first kappa shape index (κ1) is 19.5. The number of methoxy groups -OCH3 is 1. The number of anilines is 1. The minimum Gasteiger partial charge on any atom is -0.497 e. The molecule has 0 fully saturated rings. The van der Waals surface area contributed by atoms with Crippen molar-refractivity contribution in [2.24, 2.45) is 5.92 Å². The van der Waals surface area contributed by atoms with E-state index in [2.05, 4.69) is 15.4 Å². The fourth-order valence-corrected chi connectivity index (χ4v) is 2.46. The van der Waals surface area contributed by atoms with Crippen LogP contribution in [0.4, 0.5) is 5.82 Å². The van der Waals surface area contributed by atoms with Crippen molar-refractivity contribution in [3.05, 3.63) is 46.9 Å². The molecular weight excluding hydrogens is 354 g/mol. The van der Waals surface area contributed by atoms with Crippen LogP contribution in [0.2, 0.25) is 5.02 Å². The van der Waals surface area contributed by atoms with E-state index in [9.17, 15) is 4.79 Å². The van der Waals surface area contributed by atoms with Crippen molar-refractivity contribution in [1.82, 2.24) is 15.4 Å². The Hall–Kier alpha value is -2.85. The smallest absolute Gasteiger partial charge is 0.242 e. The molecule has 0 aliphatic rings. The molecule has 136 valence electrons. The Morgan fingerprint density at radius 3 is 2.65 bits per heavy atom. The van der Waals surface area contributed by atoms with Gasteiger partial charge in [-0.2, -0.15) is 10.2 Å². The van der Waals surface area contributed by atoms with Crippen LogP contribution in [0, 0.1) is 17.2 Å². The van der Waals surface area contributed by atoms with Gasteiger partial charge in [0.15, 0.2) is 5.82 Å². The topological polar surface area (TPSA) is 91.1 Å². The number of nitrogens with zero attached hydrogens (tertiary/aromatic N) is 4. The summed E-state index contributed by atoms with van der Waals surface area (Å²) in [5.41, 5.74) is 3.66. The lowest BCUT2D eigenvalue weighted by atomic mass is 10.1. The van der Waals surface area contributed by atoms with Gasteiger partial charge in [0.25, 0.3) is 0 Å². The highest BCUT2D eigenvalue weighted by Gasteiger charge is 2.18. The number of hydrazine groups is 1. The number of amides is 1. The molecule has 0 aliphatic carbocycles. The summed E-state index contributed by atoms with van der Waals surface area (Å²) in [7, 11) is 1.59. The van der Waals surface area contributed by atoms with Gasteiger partial charge in [0, 0.05) is 6.54 Å². The molecule has 0 spiro atoms. The van der Waals surface area contributed by atoms with Crippen LogP contribution in [0.25, 0.3) is 0 Å². The second-order valence-electron chi connectivity index (χ2n) is 6.04. The van der Waals surface area contributed by atoms with Gasteiger partial charge in [-0.25, -0.2) is 4.98 Å². The molecule has 1 N–H and O–H groups in total. The Kier molecular flexibility index (Phi) is 6.75. The van der Waals surface area contributed by atoms with Crippen LogP contribution in [-0.4, -0.2) is 29.5 Å². The van der Waals surface area contributed by atoms with Crippen LogP contribution in [0.1, 0.15) is 25.2 Å². The first-order valence-electron chi connectivity index (χ1n) is 8.05. The summed E-state index contributed by atoms with van der Waals surface area (Å²) in [6.45, 7) is 4.49. The molecule has 26 heavy (non-hydrogen) atoms. The molecule has 0 aliphatic heterocycles. The van der Waals surface area contributed by atoms with Gasteiger partial charge in [0.1, 0.15) is 16.8 Å².